The van der Waals surface area contributed by atoms with Gasteiger partial charge in [0.15, 0.2) is 0 Å². The van der Waals surface area contributed by atoms with E-state index in [0.29, 0.717) is 16.9 Å². The number of hydrogen-bond donors (Lipinski definition) is 1. The van der Waals surface area contributed by atoms with Crippen LogP contribution in [-0.2, 0) is 0 Å². The first-order valence-electron chi connectivity index (χ1n) is 7.23. The van der Waals surface area contributed by atoms with E-state index in [9.17, 15) is 0 Å². The first-order chi connectivity index (χ1) is 10.1. The van der Waals surface area contributed by atoms with Crippen LogP contribution in [0.5, 0.6) is 11.6 Å². The van der Waals surface area contributed by atoms with E-state index in [0.717, 1.165) is 29.8 Å². The quantitative estimate of drug-likeness (QED) is 0.824. The zero-order valence-corrected chi connectivity index (χ0v) is 13.4. The zero-order valence-electron chi connectivity index (χ0n) is 12.7. The van der Waals surface area contributed by atoms with E-state index in [1.54, 1.807) is 0 Å². The molecule has 0 spiro atoms. The summed E-state index contributed by atoms with van der Waals surface area (Å²) >= 11 is 5.94. The molecule has 2 rings (SSSR count). The minimum Gasteiger partial charge on any atom is -0.439 e. The lowest BCUT2D eigenvalue weighted by Gasteiger charge is -2.14. The molecule has 1 aromatic carbocycles. The third kappa shape index (κ3) is 4.45. The number of nitrogens with zero attached hydrogens (tertiary/aromatic N) is 1. The predicted molar refractivity (Wildman–Crippen MR) is 87.2 cm³/mol. The lowest BCUT2D eigenvalue weighted by atomic mass is 10.1. The number of halogens is 1. The zero-order chi connectivity index (χ0) is 15.2. The summed E-state index contributed by atoms with van der Waals surface area (Å²) in [6.45, 7) is 7.26. The standard InChI is InChI=1S/C17H21ClN2O/c1-4-9-19-13(3)14-5-8-17(20-11-14)21-16-7-6-15(18)10-12(16)2/h5-8,10-11,13,19H,4,9H2,1-3H3. The Labute approximate surface area is 131 Å². The summed E-state index contributed by atoms with van der Waals surface area (Å²) < 4.78 is 5.79. The number of aromatic nitrogens is 1. The average molecular weight is 305 g/mol. The van der Waals surface area contributed by atoms with Crippen LogP contribution in [0, 0.1) is 6.92 Å². The fourth-order valence-corrected chi connectivity index (χ4v) is 2.25. The molecule has 0 bridgehead atoms. The van der Waals surface area contributed by atoms with Crippen molar-refractivity contribution in [3.63, 3.8) is 0 Å². The molecule has 0 saturated carbocycles. The topological polar surface area (TPSA) is 34.1 Å². The summed E-state index contributed by atoms with van der Waals surface area (Å²) in [7, 11) is 0. The van der Waals surface area contributed by atoms with Gasteiger partial charge in [-0.15, -0.1) is 0 Å². The molecule has 0 aliphatic rings. The van der Waals surface area contributed by atoms with Gasteiger partial charge in [-0.3, -0.25) is 0 Å². The lowest BCUT2D eigenvalue weighted by Crippen LogP contribution is -2.19. The van der Waals surface area contributed by atoms with Gasteiger partial charge < -0.3 is 10.1 Å². The van der Waals surface area contributed by atoms with Crippen LogP contribution >= 0.6 is 11.6 Å². The molecule has 112 valence electrons. The molecule has 1 aromatic heterocycles. The molecule has 21 heavy (non-hydrogen) atoms. The van der Waals surface area contributed by atoms with Crippen molar-refractivity contribution in [1.82, 2.24) is 10.3 Å². The number of pyridine rings is 1. The Morgan fingerprint density at radius 3 is 2.71 bits per heavy atom. The van der Waals surface area contributed by atoms with Crippen LogP contribution < -0.4 is 10.1 Å². The highest BCUT2D eigenvalue weighted by molar-refractivity contribution is 6.30. The van der Waals surface area contributed by atoms with Crippen LogP contribution in [0.2, 0.25) is 5.02 Å². The molecular formula is C17H21ClN2O. The molecule has 1 unspecified atom stereocenters. The van der Waals surface area contributed by atoms with E-state index >= 15 is 0 Å². The highest BCUT2D eigenvalue weighted by Crippen LogP contribution is 2.26. The van der Waals surface area contributed by atoms with Crippen LogP contribution in [0.4, 0.5) is 0 Å². The summed E-state index contributed by atoms with van der Waals surface area (Å²) in [5.74, 6) is 1.36. The number of ether oxygens (including phenoxy) is 1. The second-order valence-electron chi connectivity index (χ2n) is 5.12. The molecule has 1 heterocycles. The van der Waals surface area contributed by atoms with Gasteiger partial charge in [-0.2, -0.15) is 0 Å². The Kier molecular flexibility index (Phi) is 5.59. The molecule has 0 aliphatic heterocycles. The predicted octanol–water partition coefficient (Wildman–Crippen LogP) is 4.90. The van der Waals surface area contributed by atoms with Gasteiger partial charge in [0, 0.05) is 23.3 Å². The second kappa shape index (κ2) is 7.43. The van der Waals surface area contributed by atoms with Gasteiger partial charge in [-0.1, -0.05) is 24.6 Å². The van der Waals surface area contributed by atoms with Crippen LogP contribution in [0.25, 0.3) is 0 Å². The van der Waals surface area contributed by atoms with Crippen molar-refractivity contribution in [2.45, 2.75) is 33.2 Å². The largest absolute Gasteiger partial charge is 0.439 e. The highest BCUT2D eigenvalue weighted by atomic mass is 35.5. The molecule has 1 atom stereocenters. The van der Waals surface area contributed by atoms with E-state index in [2.05, 4.69) is 24.1 Å². The molecule has 0 radical (unpaired) electrons. The second-order valence-corrected chi connectivity index (χ2v) is 5.55. The summed E-state index contributed by atoms with van der Waals surface area (Å²) in [6.07, 6.45) is 2.97. The Morgan fingerprint density at radius 2 is 2.10 bits per heavy atom. The SMILES string of the molecule is CCCNC(C)c1ccc(Oc2ccc(Cl)cc2C)nc1. The first kappa shape index (κ1) is 15.8. The van der Waals surface area contributed by atoms with Crippen molar-refractivity contribution in [1.29, 1.82) is 0 Å². The van der Waals surface area contributed by atoms with Crippen molar-refractivity contribution in [2.24, 2.45) is 0 Å². The molecular weight excluding hydrogens is 284 g/mol. The Hall–Kier alpha value is -1.58. The van der Waals surface area contributed by atoms with Crippen LogP contribution in [0.15, 0.2) is 36.5 Å². The van der Waals surface area contributed by atoms with E-state index in [-0.39, 0.29) is 0 Å². The van der Waals surface area contributed by atoms with E-state index in [1.807, 2.05) is 43.5 Å². The molecule has 0 saturated heterocycles. The van der Waals surface area contributed by atoms with Gasteiger partial charge in [-0.25, -0.2) is 4.98 Å². The maximum atomic E-state index is 5.94. The fraction of sp³-hybridized carbons (Fsp3) is 0.353. The molecule has 3 nitrogen and oxygen atoms in total. The molecule has 4 heteroatoms. The van der Waals surface area contributed by atoms with Gasteiger partial charge in [0.25, 0.3) is 0 Å². The maximum Gasteiger partial charge on any atom is 0.219 e. The van der Waals surface area contributed by atoms with Gasteiger partial charge >= 0.3 is 0 Å². The minimum absolute atomic E-state index is 0.295. The number of hydrogen-bond acceptors (Lipinski definition) is 3. The summed E-state index contributed by atoms with van der Waals surface area (Å²) in [5.41, 5.74) is 2.15. The Morgan fingerprint density at radius 1 is 1.29 bits per heavy atom. The van der Waals surface area contributed by atoms with Crippen molar-refractivity contribution in [3.8, 4) is 11.6 Å². The van der Waals surface area contributed by atoms with Crippen molar-refractivity contribution >= 4 is 11.6 Å². The third-order valence-corrected chi connectivity index (χ3v) is 3.55. The van der Waals surface area contributed by atoms with Crippen LogP contribution in [0.3, 0.4) is 0 Å². The summed E-state index contributed by atoms with van der Waals surface area (Å²) in [5, 5.41) is 4.14. The van der Waals surface area contributed by atoms with Gasteiger partial charge in [0.05, 0.1) is 0 Å². The molecule has 0 aliphatic carbocycles. The van der Waals surface area contributed by atoms with Gasteiger partial charge in [0.1, 0.15) is 5.75 Å². The number of nitrogens with one attached hydrogen (secondary N) is 1. The van der Waals surface area contributed by atoms with E-state index < -0.39 is 0 Å². The molecule has 0 amide bonds. The molecule has 0 fully saturated rings. The van der Waals surface area contributed by atoms with Crippen molar-refractivity contribution < 1.29 is 4.74 Å². The van der Waals surface area contributed by atoms with Gasteiger partial charge in [0.2, 0.25) is 5.88 Å². The summed E-state index contributed by atoms with van der Waals surface area (Å²) in [4.78, 5) is 4.37. The third-order valence-electron chi connectivity index (χ3n) is 3.31. The van der Waals surface area contributed by atoms with E-state index in [4.69, 9.17) is 16.3 Å². The van der Waals surface area contributed by atoms with Gasteiger partial charge in [-0.05, 0) is 56.1 Å². The maximum absolute atomic E-state index is 5.94. The number of aryl methyl sites for hydroxylation is 1. The average Bonchev–Trinajstić information content (AvgIpc) is 2.48. The minimum atomic E-state index is 0.295. The van der Waals surface area contributed by atoms with Crippen molar-refractivity contribution in [3.05, 3.63) is 52.7 Å². The van der Waals surface area contributed by atoms with E-state index in [1.165, 1.54) is 0 Å². The van der Waals surface area contributed by atoms with Crippen LogP contribution in [-0.4, -0.2) is 11.5 Å². The smallest absolute Gasteiger partial charge is 0.219 e. The molecule has 2 aromatic rings. The Balaban J connectivity index is 2.05. The number of benzene rings is 1. The molecule has 1 N–H and O–H groups in total. The highest BCUT2D eigenvalue weighted by Gasteiger charge is 2.07. The number of rotatable bonds is 6. The van der Waals surface area contributed by atoms with Crippen LogP contribution in [0.1, 0.15) is 37.4 Å². The first-order valence-corrected chi connectivity index (χ1v) is 7.61. The monoisotopic (exact) mass is 304 g/mol. The fourth-order valence-electron chi connectivity index (χ4n) is 2.03. The van der Waals surface area contributed by atoms with Crippen molar-refractivity contribution in [2.75, 3.05) is 6.54 Å². The lowest BCUT2D eigenvalue weighted by molar-refractivity contribution is 0.458. The normalized spacial score (nSPS) is 12.2. The Bertz CT molecular complexity index is 584. The summed E-state index contributed by atoms with van der Waals surface area (Å²) in [6, 6.07) is 9.79.